The molecule has 138 valence electrons. The highest BCUT2D eigenvalue weighted by molar-refractivity contribution is 14.0. The first kappa shape index (κ1) is 23.3. The molecule has 1 amide bonds. The molecule has 1 aromatic heterocycles. The smallest absolute Gasteiger partial charge is 0.227 e. The zero-order valence-electron chi connectivity index (χ0n) is 14.7. The third kappa shape index (κ3) is 6.33. The molecule has 0 aliphatic rings. The van der Waals surface area contributed by atoms with E-state index in [-0.39, 0.29) is 29.9 Å². The lowest BCUT2D eigenvalue weighted by atomic mass is 9.92. The van der Waals surface area contributed by atoms with Gasteiger partial charge in [0.15, 0.2) is 5.96 Å². The molecule has 0 aliphatic carbocycles. The van der Waals surface area contributed by atoms with Crippen LogP contribution in [0.4, 0.5) is 0 Å². The number of aromatic nitrogens is 1. The minimum atomic E-state index is -0.539. The maximum atomic E-state index is 11.8. The summed E-state index contributed by atoms with van der Waals surface area (Å²) in [4.78, 5) is 16.3. The number of hydrogen-bond donors (Lipinski definition) is 3. The second kappa shape index (κ2) is 10.4. The van der Waals surface area contributed by atoms with Crippen molar-refractivity contribution in [2.45, 2.75) is 27.3 Å². The fourth-order valence-electron chi connectivity index (χ4n) is 1.97. The van der Waals surface area contributed by atoms with E-state index < -0.39 is 5.41 Å². The first-order valence-corrected chi connectivity index (χ1v) is 8.22. The first-order chi connectivity index (χ1) is 10.7. The van der Waals surface area contributed by atoms with E-state index in [0.717, 1.165) is 12.2 Å². The van der Waals surface area contributed by atoms with Crippen molar-refractivity contribution in [3.05, 3.63) is 21.9 Å². The van der Waals surface area contributed by atoms with Crippen LogP contribution >= 0.6 is 47.2 Å². The lowest BCUT2D eigenvalue weighted by molar-refractivity contribution is -0.128. The number of nitrogens with one attached hydrogen (secondary N) is 3. The van der Waals surface area contributed by atoms with Gasteiger partial charge in [0.1, 0.15) is 5.15 Å². The Morgan fingerprint density at radius 2 is 1.96 bits per heavy atom. The summed E-state index contributed by atoms with van der Waals surface area (Å²) >= 11 is 12.1. The molecule has 0 bridgehead atoms. The summed E-state index contributed by atoms with van der Waals surface area (Å²) in [6, 6.07) is 1.80. The number of carbonyl (C=O) groups is 1. The normalized spacial score (nSPS) is 11.7. The van der Waals surface area contributed by atoms with E-state index in [9.17, 15) is 4.79 Å². The molecule has 1 rings (SSSR count). The Labute approximate surface area is 170 Å². The van der Waals surface area contributed by atoms with E-state index in [1.54, 1.807) is 17.7 Å². The molecule has 9 heteroatoms. The van der Waals surface area contributed by atoms with Gasteiger partial charge in [-0.1, -0.05) is 23.2 Å². The Morgan fingerprint density at radius 3 is 2.42 bits per heavy atom. The molecule has 0 saturated carbocycles. The van der Waals surface area contributed by atoms with E-state index in [1.165, 1.54) is 0 Å². The summed E-state index contributed by atoms with van der Waals surface area (Å²) in [6.45, 7) is 7.35. The van der Waals surface area contributed by atoms with Crippen LogP contribution in [0.3, 0.4) is 0 Å². The van der Waals surface area contributed by atoms with Crippen LogP contribution < -0.4 is 16.0 Å². The maximum Gasteiger partial charge on any atom is 0.227 e. The zero-order chi connectivity index (χ0) is 17.6. The SMILES string of the molecule is CCNC(=NCc1cc(Cl)c(Cl)n1C)NCC(C)(C)C(=O)NC.I. The number of rotatable bonds is 6. The summed E-state index contributed by atoms with van der Waals surface area (Å²) in [5.41, 5.74) is 0.366. The van der Waals surface area contributed by atoms with Gasteiger partial charge >= 0.3 is 0 Å². The molecule has 0 fully saturated rings. The number of carbonyl (C=O) groups excluding carboxylic acids is 1. The van der Waals surface area contributed by atoms with Gasteiger partial charge in [-0.3, -0.25) is 4.79 Å². The highest BCUT2D eigenvalue weighted by atomic mass is 127. The number of halogens is 3. The van der Waals surface area contributed by atoms with Gasteiger partial charge in [-0.2, -0.15) is 0 Å². The van der Waals surface area contributed by atoms with Gasteiger partial charge in [0.05, 0.1) is 17.0 Å². The summed E-state index contributed by atoms with van der Waals surface area (Å²) in [5.74, 6) is 0.611. The molecule has 0 aromatic carbocycles. The highest BCUT2D eigenvalue weighted by Crippen LogP contribution is 2.25. The number of guanidine groups is 1. The molecule has 3 N–H and O–H groups in total. The molecule has 1 heterocycles. The molecule has 0 saturated heterocycles. The minimum Gasteiger partial charge on any atom is -0.359 e. The van der Waals surface area contributed by atoms with E-state index in [0.29, 0.717) is 29.2 Å². The first-order valence-electron chi connectivity index (χ1n) is 7.47. The predicted molar refractivity (Wildman–Crippen MR) is 112 cm³/mol. The second-order valence-electron chi connectivity index (χ2n) is 5.85. The molecule has 0 unspecified atom stereocenters. The van der Waals surface area contributed by atoms with Gasteiger partial charge in [-0.05, 0) is 26.8 Å². The Kier molecular flexibility index (Phi) is 10.1. The van der Waals surface area contributed by atoms with Crippen LogP contribution in [0.1, 0.15) is 26.5 Å². The molecule has 1 aromatic rings. The second-order valence-corrected chi connectivity index (χ2v) is 6.61. The average Bonchev–Trinajstić information content (AvgIpc) is 2.76. The summed E-state index contributed by atoms with van der Waals surface area (Å²) in [6.07, 6.45) is 0. The topological polar surface area (TPSA) is 70.5 Å². The van der Waals surface area contributed by atoms with Crippen LogP contribution in [0.25, 0.3) is 0 Å². The van der Waals surface area contributed by atoms with Crippen LogP contribution in [0, 0.1) is 5.41 Å². The van der Waals surface area contributed by atoms with E-state index in [2.05, 4.69) is 20.9 Å². The number of nitrogens with zero attached hydrogens (tertiary/aromatic N) is 2. The third-order valence-electron chi connectivity index (χ3n) is 3.50. The number of amides is 1. The predicted octanol–water partition coefficient (Wildman–Crippen LogP) is 2.78. The summed E-state index contributed by atoms with van der Waals surface area (Å²) in [7, 11) is 3.47. The van der Waals surface area contributed by atoms with Crippen molar-refractivity contribution < 1.29 is 4.79 Å². The Hall–Kier alpha value is -0.670. The molecular formula is C15H26Cl2IN5O. The van der Waals surface area contributed by atoms with Crippen LogP contribution in [-0.4, -0.2) is 36.6 Å². The molecule has 0 radical (unpaired) electrons. The summed E-state index contributed by atoms with van der Waals surface area (Å²) < 4.78 is 1.80. The molecule has 6 nitrogen and oxygen atoms in total. The quantitative estimate of drug-likeness (QED) is 0.327. The van der Waals surface area contributed by atoms with Crippen LogP contribution in [0.15, 0.2) is 11.1 Å². The summed E-state index contributed by atoms with van der Waals surface area (Å²) in [5, 5.41) is 10.0. The highest BCUT2D eigenvalue weighted by Gasteiger charge is 2.26. The van der Waals surface area contributed by atoms with Crippen molar-refractivity contribution in [1.29, 1.82) is 0 Å². The van der Waals surface area contributed by atoms with Crippen molar-refractivity contribution >= 4 is 59.0 Å². The molecule has 0 aliphatic heterocycles. The lowest BCUT2D eigenvalue weighted by Crippen LogP contribution is -2.47. The van der Waals surface area contributed by atoms with Crippen LogP contribution in [0.2, 0.25) is 10.2 Å². The minimum absolute atomic E-state index is 0. The Morgan fingerprint density at radius 1 is 1.33 bits per heavy atom. The van der Waals surface area contributed by atoms with Gasteiger partial charge in [0, 0.05) is 32.9 Å². The molecule has 24 heavy (non-hydrogen) atoms. The van der Waals surface area contributed by atoms with Crippen molar-refractivity contribution in [2.75, 3.05) is 20.1 Å². The van der Waals surface area contributed by atoms with Crippen molar-refractivity contribution in [3.63, 3.8) is 0 Å². The van der Waals surface area contributed by atoms with Crippen molar-refractivity contribution in [3.8, 4) is 0 Å². The van der Waals surface area contributed by atoms with E-state index >= 15 is 0 Å². The Balaban J connectivity index is 0.00000529. The molecule has 0 spiro atoms. The van der Waals surface area contributed by atoms with Gasteiger partial charge in [0.2, 0.25) is 5.91 Å². The zero-order valence-corrected chi connectivity index (χ0v) is 18.5. The number of aliphatic imine (C=N–C) groups is 1. The van der Waals surface area contributed by atoms with Gasteiger partial charge in [-0.15, -0.1) is 24.0 Å². The van der Waals surface area contributed by atoms with Crippen molar-refractivity contribution in [1.82, 2.24) is 20.5 Å². The third-order valence-corrected chi connectivity index (χ3v) is 4.34. The average molecular weight is 490 g/mol. The number of hydrogen-bond acceptors (Lipinski definition) is 2. The maximum absolute atomic E-state index is 11.8. The molecular weight excluding hydrogens is 464 g/mol. The standard InChI is InChI=1S/C15H25Cl2N5O.HI/c1-6-19-14(21-9-15(2,3)13(23)18-4)20-8-10-7-11(16)12(17)22(10)5;/h7H,6,8-9H2,1-5H3,(H,18,23)(H2,19,20,21);1H. The van der Waals surface area contributed by atoms with Crippen molar-refractivity contribution in [2.24, 2.45) is 17.5 Å². The lowest BCUT2D eigenvalue weighted by Gasteiger charge is -2.24. The largest absolute Gasteiger partial charge is 0.359 e. The van der Waals surface area contributed by atoms with Gasteiger partial charge in [0.25, 0.3) is 0 Å². The molecule has 0 atom stereocenters. The Bertz CT molecular complexity index is 587. The monoisotopic (exact) mass is 489 g/mol. The fourth-order valence-corrected chi connectivity index (χ4v) is 2.38. The van der Waals surface area contributed by atoms with Crippen LogP contribution in [0.5, 0.6) is 0 Å². The van der Waals surface area contributed by atoms with Gasteiger partial charge < -0.3 is 20.5 Å². The van der Waals surface area contributed by atoms with Gasteiger partial charge in [-0.25, -0.2) is 4.99 Å². The van der Waals surface area contributed by atoms with Crippen LogP contribution in [-0.2, 0) is 18.4 Å². The van der Waals surface area contributed by atoms with E-state index in [4.69, 9.17) is 23.2 Å². The van der Waals surface area contributed by atoms with E-state index in [1.807, 2.05) is 27.8 Å². The fraction of sp³-hybridized carbons (Fsp3) is 0.600.